The molecule has 0 unspecified atom stereocenters. The van der Waals surface area contributed by atoms with E-state index in [-0.39, 0.29) is 30.2 Å². The van der Waals surface area contributed by atoms with Gasteiger partial charge in [0, 0.05) is 5.92 Å². The Morgan fingerprint density at radius 2 is 1.81 bits per heavy atom. The SMILES string of the molecule is C[C@H]1OC(=O)[C@H]2[C@H]1[C@H]1O[C@@H]2C2=C1CCCC2. The van der Waals surface area contributed by atoms with Crippen LogP contribution in [0.4, 0.5) is 0 Å². The van der Waals surface area contributed by atoms with Crippen LogP contribution in [0.1, 0.15) is 32.6 Å². The summed E-state index contributed by atoms with van der Waals surface area (Å²) in [7, 11) is 0. The highest BCUT2D eigenvalue weighted by atomic mass is 16.6. The summed E-state index contributed by atoms with van der Waals surface area (Å²) in [5.74, 6) is 0.285. The Labute approximate surface area is 94.8 Å². The molecule has 3 nitrogen and oxygen atoms in total. The van der Waals surface area contributed by atoms with E-state index in [9.17, 15) is 4.79 Å². The highest BCUT2D eigenvalue weighted by molar-refractivity contribution is 5.78. The molecule has 0 aromatic rings. The van der Waals surface area contributed by atoms with Gasteiger partial charge in [0.2, 0.25) is 0 Å². The Balaban J connectivity index is 1.79. The van der Waals surface area contributed by atoms with Gasteiger partial charge in [0.1, 0.15) is 6.10 Å². The van der Waals surface area contributed by atoms with Crippen molar-refractivity contribution in [1.82, 2.24) is 0 Å². The molecule has 4 rings (SSSR count). The van der Waals surface area contributed by atoms with E-state index in [2.05, 4.69) is 0 Å². The van der Waals surface area contributed by atoms with Gasteiger partial charge in [-0.1, -0.05) is 0 Å². The molecule has 3 heterocycles. The number of hydrogen-bond acceptors (Lipinski definition) is 3. The molecule has 2 bridgehead atoms. The van der Waals surface area contributed by atoms with Crippen LogP contribution in [0.25, 0.3) is 0 Å². The van der Waals surface area contributed by atoms with Gasteiger partial charge in [-0.3, -0.25) is 4.79 Å². The smallest absolute Gasteiger partial charge is 0.312 e. The summed E-state index contributed by atoms with van der Waals surface area (Å²) in [5.41, 5.74) is 2.96. The van der Waals surface area contributed by atoms with Crippen molar-refractivity contribution < 1.29 is 14.3 Å². The zero-order valence-electron chi connectivity index (χ0n) is 9.44. The largest absolute Gasteiger partial charge is 0.462 e. The number of rotatable bonds is 0. The molecule has 0 saturated carbocycles. The molecule has 5 atom stereocenters. The van der Waals surface area contributed by atoms with Crippen LogP contribution in [0.15, 0.2) is 11.1 Å². The third-order valence-electron chi connectivity index (χ3n) is 4.74. The zero-order valence-corrected chi connectivity index (χ0v) is 9.44. The fourth-order valence-corrected chi connectivity index (χ4v) is 4.10. The molecule has 0 amide bonds. The number of ether oxygens (including phenoxy) is 2. The first kappa shape index (κ1) is 9.23. The number of cyclic esters (lactones) is 1. The van der Waals surface area contributed by atoms with Crippen LogP contribution in [0.2, 0.25) is 0 Å². The Kier molecular flexibility index (Phi) is 1.67. The maximum absolute atomic E-state index is 11.8. The molecule has 0 aromatic heterocycles. The van der Waals surface area contributed by atoms with Crippen LogP contribution in [0.3, 0.4) is 0 Å². The van der Waals surface area contributed by atoms with Gasteiger partial charge in [-0.25, -0.2) is 0 Å². The van der Waals surface area contributed by atoms with E-state index in [0.717, 1.165) is 6.42 Å². The predicted octanol–water partition coefficient (Wildman–Crippen LogP) is 1.82. The number of hydrogen-bond donors (Lipinski definition) is 0. The number of carbonyl (C=O) groups is 1. The molecule has 4 aliphatic rings. The van der Waals surface area contributed by atoms with E-state index in [1.54, 1.807) is 0 Å². The fraction of sp³-hybridized carbons (Fsp3) is 0.769. The standard InChI is InChI=1S/C13H16O3/c1-6-9-10(13(14)15-6)12-8-5-3-2-4-7(8)11(9)16-12/h6,9-12H,2-5H2,1H3/t6-,9+,10+,11+,12-/m1/s1. The molecule has 0 radical (unpaired) electrons. The van der Waals surface area contributed by atoms with Gasteiger partial charge >= 0.3 is 5.97 Å². The first-order valence-corrected chi connectivity index (χ1v) is 6.35. The van der Waals surface area contributed by atoms with E-state index in [4.69, 9.17) is 9.47 Å². The monoisotopic (exact) mass is 220 g/mol. The minimum Gasteiger partial charge on any atom is -0.462 e. The van der Waals surface area contributed by atoms with Crippen LogP contribution in [-0.2, 0) is 14.3 Å². The number of carbonyl (C=O) groups excluding carboxylic acids is 1. The Hall–Kier alpha value is -0.830. The van der Waals surface area contributed by atoms with Gasteiger partial charge in [-0.15, -0.1) is 0 Å². The predicted molar refractivity (Wildman–Crippen MR) is 56.7 cm³/mol. The summed E-state index contributed by atoms with van der Waals surface area (Å²) in [6.45, 7) is 2.01. The summed E-state index contributed by atoms with van der Waals surface area (Å²) in [6.07, 6.45) is 5.18. The van der Waals surface area contributed by atoms with E-state index < -0.39 is 0 Å². The van der Waals surface area contributed by atoms with Gasteiger partial charge in [0.15, 0.2) is 0 Å². The topological polar surface area (TPSA) is 35.5 Å². The van der Waals surface area contributed by atoms with Crippen LogP contribution in [-0.4, -0.2) is 24.3 Å². The Bertz CT molecular complexity index is 398. The number of fused-ring (bicyclic) bond motifs is 7. The Morgan fingerprint density at radius 3 is 2.56 bits per heavy atom. The van der Waals surface area contributed by atoms with E-state index in [1.807, 2.05) is 6.92 Å². The maximum Gasteiger partial charge on any atom is 0.312 e. The lowest BCUT2D eigenvalue weighted by Gasteiger charge is -2.28. The lowest BCUT2D eigenvalue weighted by Crippen LogP contribution is -2.33. The fourth-order valence-electron chi connectivity index (χ4n) is 4.10. The van der Waals surface area contributed by atoms with Gasteiger partial charge in [0.25, 0.3) is 0 Å². The first-order chi connectivity index (χ1) is 7.77. The van der Waals surface area contributed by atoms with E-state index in [0.29, 0.717) is 5.92 Å². The molecule has 2 fully saturated rings. The molecule has 2 saturated heterocycles. The van der Waals surface area contributed by atoms with Crippen molar-refractivity contribution in [2.45, 2.75) is 50.9 Å². The molecule has 16 heavy (non-hydrogen) atoms. The Morgan fingerprint density at radius 1 is 1.12 bits per heavy atom. The summed E-state index contributed by atoms with van der Waals surface area (Å²) in [6, 6.07) is 0. The minimum atomic E-state index is -0.0258. The van der Waals surface area contributed by atoms with E-state index in [1.165, 1.54) is 30.4 Å². The zero-order chi connectivity index (χ0) is 10.9. The molecule has 0 N–H and O–H groups in total. The van der Waals surface area contributed by atoms with Crippen molar-refractivity contribution in [3.05, 3.63) is 11.1 Å². The minimum absolute atomic E-state index is 0.0110. The van der Waals surface area contributed by atoms with Crippen molar-refractivity contribution in [2.75, 3.05) is 0 Å². The summed E-state index contributed by atoms with van der Waals surface area (Å²) in [4.78, 5) is 11.8. The average Bonchev–Trinajstić information content (AvgIpc) is 2.91. The second kappa shape index (κ2) is 2.89. The van der Waals surface area contributed by atoms with Crippen molar-refractivity contribution in [3.8, 4) is 0 Å². The van der Waals surface area contributed by atoms with Gasteiger partial charge in [-0.05, 0) is 43.8 Å². The van der Waals surface area contributed by atoms with E-state index >= 15 is 0 Å². The molecule has 3 aliphatic heterocycles. The van der Waals surface area contributed by atoms with Crippen molar-refractivity contribution in [3.63, 3.8) is 0 Å². The number of esters is 1. The molecular weight excluding hydrogens is 204 g/mol. The molecule has 0 spiro atoms. The second-order valence-corrected chi connectivity index (χ2v) is 5.48. The second-order valence-electron chi connectivity index (χ2n) is 5.48. The van der Waals surface area contributed by atoms with Crippen molar-refractivity contribution >= 4 is 5.97 Å². The van der Waals surface area contributed by atoms with Crippen molar-refractivity contribution in [2.24, 2.45) is 11.8 Å². The van der Waals surface area contributed by atoms with Crippen LogP contribution in [0.5, 0.6) is 0 Å². The molecule has 1 aliphatic carbocycles. The molecule has 0 aromatic carbocycles. The summed E-state index contributed by atoms with van der Waals surface area (Å²) >= 11 is 0. The normalized spacial score (nSPS) is 49.3. The lowest BCUT2D eigenvalue weighted by atomic mass is 9.71. The highest BCUT2D eigenvalue weighted by Crippen LogP contribution is 2.55. The van der Waals surface area contributed by atoms with Crippen LogP contribution in [0, 0.1) is 11.8 Å². The molecular formula is C13H16O3. The highest BCUT2D eigenvalue weighted by Gasteiger charge is 2.62. The first-order valence-electron chi connectivity index (χ1n) is 6.35. The summed E-state index contributed by atoms with van der Waals surface area (Å²) < 4.78 is 11.4. The van der Waals surface area contributed by atoms with Gasteiger partial charge < -0.3 is 9.47 Å². The van der Waals surface area contributed by atoms with Gasteiger partial charge in [-0.2, -0.15) is 0 Å². The van der Waals surface area contributed by atoms with Crippen LogP contribution >= 0.6 is 0 Å². The third kappa shape index (κ3) is 0.915. The lowest BCUT2D eigenvalue weighted by molar-refractivity contribution is -0.146. The third-order valence-corrected chi connectivity index (χ3v) is 4.74. The maximum atomic E-state index is 11.8. The van der Waals surface area contributed by atoms with Crippen LogP contribution < -0.4 is 0 Å². The van der Waals surface area contributed by atoms with Gasteiger partial charge in [0.05, 0.1) is 18.1 Å². The molecule has 86 valence electrons. The van der Waals surface area contributed by atoms with Crippen molar-refractivity contribution in [1.29, 1.82) is 0 Å². The average molecular weight is 220 g/mol. The molecule has 3 heteroatoms. The quantitative estimate of drug-likeness (QED) is 0.461. The summed E-state index contributed by atoms with van der Waals surface area (Å²) in [5, 5.41) is 0.